The maximum Gasteiger partial charge on any atom is 0.314 e. The molecular weight excluding hydrogens is 372 g/mol. The number of nitrogens with zero attached hydrogens (tertiary/aromatic N) is 4. The third-order valence-corrected chi connectivity index (χ3v) is 6.07. The molecule has 2 heterocycles. The van der Waals surface area contributed by atoms with E-state index < -0.39 is 10.8 Å². The lowest BCUT2D eigenvalue weighted by Gasteiger charge is -2.20. The zero-order chi connectivity index (χ0) is 20.8. The van der Waals surface area contributed by atoms with Crippen molar-refractivity contribution in [2.24, 2.45) is 10.8 Å². The molecule has 0 amide bonds. The molecule has 2 fully saturated rings. The fraction of sp³-hybridized carbons (Fsp3) is 0.429. The molecule has 1 saturated carbocycles. The van der Waals surface area contributed by atoms with Crippen LogP contribution in [0.15, 0.2) is 36.5 Å². The Labute approximate surface area is 169 Å². The van der Waals surface area contributed by atoms with Crippen LogP contribution >= 0.6 is 0 Å². The van der Waals surface area contributed by atoms with Crippen LogP contribution in [0.2, 0.25) is 0 Å². The monoisotopic (exact) mass is 396 g/mol. The quantitative estimate of drug-likeness (QED) is 0.707. The molecule has 0 unspecified atom stereocenters. The molecule has 2 aromatic rings. The highest BCUT2D eigenvalue weighted by Gasteiger charge is 2.82. The standard InChI is InChI=1S/C21H24N4O4/c1-24(2)15-7-5-14(6-8-15)16-9-10-22-19(23-16)25-12-20(17(26)28-3)11-21(20,13-25)18(27)29-4/h5-10H,11-13H2,1-4H3/t20-,21+. The fourth-order valence-electron chi connectivity index (χ4n) is 4.38. The zero-order valence-corrected chi connectivity index (χ0v) is 17.0. The van der Waals surface area contributed by atoms with Gasteiger partial charge in [0, 0.05) is 44.6 Å². The van der Waals surface area contributed by atoms with E-state index in [2.05, 4.69) is 9.97 Å². The Morgan fingerprint density at radius 1 is 1.00 bits per heavy atom. The molecule has 1 saturated heterocycles. The van der Waals surface area contributed by atoms with Crippen LogP contribution in [0.4, 0.5) is 11.6 Å². The second-order valence-electron chi connectivity index (χ2n) is 7.86. The minimum Gasteiger partial charge on any atom is -0.469 e. The third-order valence-electron chi connectivity index (χ3n) is 6.07. The fourth-order valence-corrected chi connectivity index (χ4v) is 4.38. The maximum absolute atomic E-state index is 12.5. The predicted molar refractivity (Wildman–Crippen MR) is 108 cm³/mol. The lowest BCUT2D eigenvalue weighted by atomic mass is 9.96. The van der Waals surface area contributed by atoms with Gasteiger partial charge < -0.3 is 19.3 Å². The number of carbonyl (C=O) groups is 2. The Balaban J connectivity index is 1.62. The molecule has 1 aromatic heterocycles. The first kappa shape index (κ1) is 19.2. The number of anilines is 2. The molecule has 8 heteroatoms. The molecule has 4 rings (SSSR count). The van der Waals surface area contributed by atoms with Gasteiger partial charge >= 0.3 is 11.9 Å². The molecule has 2 atom stereocenters. The topological polar surface area (TPSA) is 84.9 Å². The van der Waals surface area contributed by atoms with E-state index in [1.807, 2.05) is 54.2 Å². The Bertz CT molecular complexity index is 931. The number of esters is 2. The van der Waals surface area contributed by atoms with E-state index in [1.165, 1.54) is 14.2 Å². The van der Waals surface area contributed by atoms with E-state index in [-0.39, 0.29) is 11.9 Å². The van der Waals surface area contributed by atoms with Crippen LogP contribution in [-0.4, -0.2) is 63.3 Å². The van der Waals surface area contributed by atoms with Crippen molar-refractivity contribution in [2.45, 2.75) is 6.42 Å². The maximum atomic E-state index is 12.5. The highest BCUT2D eigenvalue weighted by Crippen LogP contribution is 2.69. The SMILES string of the molecule is COC(=O)[C@@]12CN(c3nccc(-c4ccc(N(C)C)cc4)n3)C[C@]1(C(=O)OC)C2. The van der Waals surface area contributed by atoms with E-state index in [0.717, 1.165) is 16.9 Å². The molecule has 0 bridgehead atoms. The van der Waals surface area contributed by atoms with Crippen molar-refractivity contribution in [3.05, 3.63) is 36.5 Å². The summed E-state index contributed by atoms with van der Waals surface area (Å²) >= 11 is 0. The highest BCUT2D eigenvalue weighted by molar-refractivity contribution is 5.97. The molecule has 0 spiro atoms. The van der Waals surface area contributed by atoms with Gasteiger partial charge in [-0.05, 0) is 24.6 Å². The summed E-state index contributed by atoms with van der Waals surface area (Å²) < 4.78 is 9.98. The van der Waals surface area contributed by atoms with Crippen LogP contribution < -0.4 is 9.80 Å². The number of aromatic nitrogens is 2. The van der Waals surface area contributed by atoms with Gasteiger partial charge in [0.05, 0.1) is 19.9 Å². The van der Waals surface area contributed by atoms with Crippen molar-refractivity contribution in [3.8, 4) is 11.3 Å². The van der Waals surface area contributed by atoms with Gasteiger partial charge in [-0.25, -0.2) is 9.97 Å². The summed E-state index contributed by atoms with van der Waals surface area (Å²) in [7, 11) is 6.67. The minimum absolute atomic E-state index is 0.331. The van der Waals surface area contributed by atoms with Gasteiger partial charge in [-0.3, -0.25) is 9.59 Å². The molecule has 2 aliphatic rings. The summed E-state index contributed by atoms with van der Waals surface area (Å²) in [4.78, 5) is 37.9. The Kier molecular flexibility index (Phi) is 4.44. The minimum atomic E-state index is -0.887. The Morgan fingerprint density at radius 2 is 1.59 bits per heavy atom. The number of hydrogen-bond acceptors (Lipinski definition) is 8. The first-order chi connectivity index (χ1) is 13.9. The lowest BCUT2D eigenvalue weighted by molar-refractivity contribution is -0.155. The van der Waals surface area contributed by atoms with Gasteiger partial charge in [0.25, 0.3) is 0 Å². The highest BCUT2D eigenvalue weighted by atomic mass is 16.5. The summed E-state index contributed by atoms with van der Waals surface area (Å²) in [6, 6.07) is 9.92. The number of piperidine rings is 1. The largest absolute Gasteiger partial charge is 0.469 e. The Hall–Kier alpha value is -3.16. The molecule has 1 aliphatic heterocycles. The van der Waals surface area contributed by atoms with E-state index in [1.54, 1.807) is 6.20 Å². The van der Waals surface area contributed by atoms with Crippen molar-refractivity contribution in [3.63, 3.8) is 0 Å². The predicted octanol–water partition coefficient (Wildman–Crippen LogP) is 1.75. The lowest BCUT2D eigenvalue weighted by Crippen LogP contribution is -2.30. The smallest absolute Gasteiger partial charge is 0.314 e. The first-order valence-electron chi connectivity index (χ1n) is 9.39. The van der Waals surface area contributed by atoms with Gasteiger partial charge in [0.2, 0.25) is 5.95 Å². The van der Waals surface area contributed by atoms with E-state index in [4.69, 9.17) is 9.47 Å². The molecule has 1 aliphatic carbocycles. The number of benzene rings is 1. The van der Waals surface area contributed by atoms with Crippen molar-refractivity contribution in [2.75, 3.05) is 51.2 Å². The number of fused-ring (bicyclic) bond motifs is 1. The van der Waals surface area contributed by atoms with Crippen LogP contribution in [0, 0.1) is 10.8 Å². The van der Waals surface area contributed by atoms with Crippen molar-refractivity contribution in [1.29, 1.82) is 0 Å². The first-order valence-corrected chi connectivity index (χ1v) is 9.39. The van der Waals surface area contributed by atoms with Crippen molar-refractivity contribution in [1.82, 2.24) is 9.97 Å². The molecule has 29 heavy (non-hydrogen) atoms. The number of rotatable bonds is 5. The van der Waals surface area contributed by atoms with Crippen LogP contribution in [0.3, 0.4) is 0 Å². The number of carbonyl (C=O) groups excluding carboxylic acids is 2. The van der Waals surface area contributed by atoms with Gasteiger partial charge in [-0.15, -0.1) is 0 Å². The summed E-state index contributed by atoms with van der Waals surface area (Å²) in [5.74, 6) is -0.292. The van der Waals surface area contributed by atoms with Gasteiger partial charge in [0.1, 0.15) is 10.8 Å². The molecule has 0 N–H and O–H groups in total. The van der Waals surface area contributed by atoms with Crippen molar-refractivity contribution < 1.29 is 19.1 Å². The average Bonchev–Trinajstić information content (AvgIpc) is 3.29. The molecule has 1 aromatic carbocycles. The van der Waals surface area contributed by atoms with Gasteiger partial charge in [-0.2, -0.15) is 0 Å². The molecule has 0 radical (unpaired) electrons. The molecule has 152 valence electrons. The van der Waals surface area contributed by atoms with Gasteiger partial charge in [0.15, 0.2) is 0 Å². The second kappa shape index (κ2) is 6.72. The van der Waals surface area contributed by atoms with Crippen LogP contribution in [0.25, 0.3) is 11.3 Å². The number of ether oxygens (including phenoxy) is 2. The normalized spacial score (nSPS) is 24.6. The molecule has 8 nitrogen and oxygen atoms in total. The summed E-state index contributed by atoms with van der Waals surface area (Å²) in [5.41, 5.74) is 1.07. The number of methoxy groups -OCH3 is 2. The Morgan fingerprint density at radius 3 is 2.10 bits per heavy atom. The number of hydrogen-bond donors (Lipinski definition) is 0. The zero-order valence-electron chi connectivity index (χ0n) is 17.0. The average molecular weight is 396 g/mol. The second-order valence-corrected chi connectivity index (χ2v) is 7.86. The van der Waals surface area contributed by atoms with Crippen molar-refractivity contribution >= 4 is 23.6 Å². The summed E-state index contributed by atoms with van der Waals surface area (Å²) in [6.45, 7) is 0.662. The molecular formula is C21H24N4O4. The van der Waals surface area contributed by atoms with Crippen LogP contribution in [-0.2, 0) is 19.1 Å². The van der Waals surface area contributed by atoms with Gasteiger partial charge in [-0.1, -0.05) is 12.1 Å². The summed E-state index contributed by atoms with van der Waals surface area (Å²) in [5, 5.41) is 0. The van der Waals surface area contributed by atoms with Crippen LogP contribution in [0.1, 0.15) is 6.42 Å². The third kappa shape index (κ3) is 2.82. The van der Waals surface area contributed by atoms with E-state index >= 15 is 0 Å². The van der Waals surface area contributed by atoms with Crippen LogP contribution in [0.5, 0.6) is 0 Å². The van der Waals surface area contributed by atoms with E-state index in [9.17, 15) is 9.59 Å². The summed E-state index contributed by atoms with van der Waals surface area (Å²) in [6.07, 6.45) is 2.12. The van der Waals surface area contributed by atoms with E-state index in [0.29, 0.717) is 25.5 Å².